The van der Waals surface area contributed by atoms with Crippen molar-refractivity contribution in [2.75, 3.05) is 0 Å². The van der Waals surface area contributed by atoms with Crippen molar-refractivity contribution >= 4 is 11.5 Å². The van der Waals surface area contributed by atoms with Gasteiger partial charge in [0.05, 0.1) is 5.41 Å². The van der Waals surface area contributed by atoms with Crippen molar-refractivity contribution in [1.29, 1.82) is 0 Å². The molecular formula is C20H20FNO2. The number of rotatable bonds is 3. The zero-order valence-corrected chi connectivity index (χ0v) is 13.8. The van der Waals surface area contributed by atoms with E-state index < -0.39 is 11.3 Å². The summed E-state index contributed by atoms with van der Waals surface area (Å²) in [5.41, 5.74) is 4.99. The van der Waals surface area contributed by atoms with E-state index in [4.69, 9.17) is 0 Å². The molecule has 2 aromatic carbocycles. The molecule has 0 saturated heterocycles. The van der Waals surface area contributed by atoms with Crippen LogP contribution in [0.2, 0.25) is 0 Å². The van der Waals surface area contributed by atoms with E-state index in [1.807, 2.05) is 37.3 Å². The Morgan fingerprint density at radius 1 is 1.17 bits per heavy atom. The average Bonchev–Trinajstić information content (AvgIpc) is 3.03. The Morgan fingerprint density at radius 3 is 2.62 bits per heavy atom. The summed E-state index contributed by atoms with van der Waals surface area (Å²) in [6.45, 7) is 3.69. The number of hydrogen-bond donors (Lipinski definition) is 2. The molecule has 4 heteroatoms. The highest BCUT2D eigenvalue weighted by molar-refractivity contribution is 5.94. The van der Waals surface area contributed by atoms with Crippen molar-refractivity contribution in [3.63, 3.8) is 0 Å². The molecule has 0 saturated carbocycles. The number of amides is 1. The third-order valence-corrected chi connectivity index (χ3v) is 4.96. The molecule has 24 heavy (non-hydrogen) atoms. The quantitative estimate of drug-likeness (QED) is 0.660. The van der Waals surface area contributed by atoms with Crippen LogP contribution in [0, 0.1) is 19.7 Å². The lowest BCUT2D eigenvalue weighted by Crippen LogP contribution is -2.41. The number of halogens is 1. The molecule has 1 amide bonds. The van der Waals surface area contributed by atoms with Crippen LogP contribution in [0.25, 0.3) is 5.57 Å². The molecule has 0 spiro atoms. The van der Waals surface area contributed by atoms with Crippen molar-refractivity contribution in [1.82, 2.24) is 5.48 Å². The molecule has 0 aliphatic heterocycles. The fourth-order valence-corrected chi connectivity index (χ4v) is 3.62. The maximum absolute atomic E-state index is 14.0. The summed E-state index contributed by atoms with van der Waals surface area (Å²) >= 11 is 0. The lowest BCUT2D eigenvalue weighted by atomic mass is 9.77. The van der Waals surface area contributed by atoms with Crippen LogP contribution in [0.4, 0.5) is 4.39 Å². The van der Waals surface area contributed by atoms with Gasteiger partial charge in [0.1, 0.15) is 5.82 Å². The summed E-state index contributed by atoms with van der Waals surface area (Å²) in [6, 6.07) is 12.7. The number of hydrogen-bond acceptors (Lipinski definition) is 2. The highest BCUT2D eigenvalue weighted by Crippen LogP contribution is 2.44. The van der Waals surface area contributed by atoms with E-state index >= 15 is 0 Å². The maximum atomic E-state index is 14.0. The van der Waals surface area contributed by atoms with Gasteiger partial charge in [-0.3, -0.25) is 10.0 Å². The molecule has 2 N–H and O–H groups in total. The second-order valence-electron chi connectivity index (χ2n) is 6.31. The van der Waals surface area contributed by atoms with E-state index in [0.717, 1.165) is 16.7 Å². The molecule has 0 radical (unpaired) electrons. The van der Waals surface area contributed by atoms with E-state index in [1.165, 1.54) is 6.07 Å². The molecule has 0 unspecified atom stereocenters. The summed E-state index contributed by atoms with van der Waals surface area (Å²) in [5.74, 6) is -0.879. The Kier molecular flexibility index (Phi) is 4.24. The molecule has 1 atom stereocenters. The number of carbonyl (C=O) groups is 1. The third kappa shape index (κ3) is 2.53. The highest BCUT2D eigenvalue weighted by atomic mass is 19.1. The Morgan fingerprint density at radius 2 is 1.92 bits per heavy atom. The Balaban J connectivity index is 2.18. The van der Waals surface area contributed by atoms with Crippen LogP contribution in [-0.2, 0) is 10.2 Å². The van der Waals surface area contributed by atoms with Crippen LogP contribution in [0.3, 0.4) is 0 Å². The Labute approximate surface area is 140 Å². The fourth-order valence-electron chi connectivity index (χ4n) is 3.62. The van der Waals surface area contributed by atoms with Gasteiger partial charge in [-0.25, -0.2) is 9.87 Å². The van der Waals surface area contributed by atoms with Crippen molar-refractivity contribution in [2.45, 2.75) is 32.1 Å². The van der Waals surface area contributed by atoms with Crippen LogP contribution in [0.15, 0.2) is 48.5 Å². The molecule has 0 fully saturated rings. The molecule has 1 aliphatic carbocycles. The zero-order valence-electron chi connectivity index (χ0n) is 13.8. The van der Waals surface area contributed by atoms with Crippen LogP contribution >= 0.6 is 0 Å². The molecule has 3 nitrogen and oxygen atoms in total. The van der Waals surface area contributed by atoms with Crippen LogP contribution in [0.1, 0.15) is 35.1 Å². The van der Waals surface area contributed by atoms with E-state index in [-0.39, 0.29) is 5.82 Å². The van der Waals surface area contributed by atoms with Crippen molar-refractivity contribution in [3.8, 4) is 0 Å². The first kappa shape index (κ1) is 16.4. The minimum Gasteiger partial charge on any atom is -0.289 e. The topological polar surface area (TPSA) is 49.3 Å². The number of allylic oxidation sites excluding steroid dienone is 1. The molecule has 124 valence electrons. The zero-order chi connectivity index (χ0) is 17.3. The standard InChI is InChI=1S/C20H20FNO2/c1-13-6-3-4-7-16(13)15-10-11-20(12-15,19(23)22-24)17-8-5-9-18(21)14(17)2/h3-9,12,24H,10-11H2,1-2H3,(H,22,23)/t20-/m1/s1. The molecule has 0 aromatic heterocycles. The van der Waals surface area contributed by atoms with Gasteiger partial charge in [-0.2, -0.15) is 0 Å². The summed E-state index contributed by atoms with van der Waals surface area (Å²) in [7, 11) is 0. The van der Waals surface area contributed by atoms with Gasteiger partial charge in [0.25, 0.3) is 5.91 Å². The van der Waals surface area contributed by atoms with Crippen LogP contribution in [0.5, 0.6) is 0 Å². The first-order valence-electron chi connectivity index (χ1n) is 7.97. The lowest BCUT2D eigenvalue weighted by molar-refractivity contribution is -0.133. The number of carbonyl (C=O) groups excluding carboxylic acids is 1. The average molecular weight is 325 g/mol. The van der Waals surface area contributed by atoms with Gasteiger partial charge in [0.2, 0.25) is 0 Å². The monoisotopic (exact) mass is 325 g/mol. The van der Waals surface area contributed by atoms with Crippen molar-refractivity contribution < 1.29 is 14.4 Å². The SMILES string of the molecule is Cc1ccccc1C1=C[C@@](C(=O)NO)(c2cccc(F)c2C)CC1. The number of nitrogens with one attached hydrogen (secondary N) is 1. The van der Waals surface area contributed by atoms with Gasteiger partial charge in [0, 0.05) is 0 Å². The van der Waals surface area contributed by atoms with Gasteiger partial charge in [0.15, 0.2) is 0 Å². The molecular weight excluding hydrogens is 305 g/mol. The van der Waals surface area contributed by atoms with Gasteiger partial charge in [-0.1, -0.05) is 42.5 Å². The lowest BCUT2D eigenvalue weighted by Gasteiger charge is -2.27. The number of hydroxylamine groups is 1. The molecule has 3 rings (SSSR count). The minimum atomic E-state index is -1.06. The molecule has 0 heterocycles. The molecule has 0 bridgehead atoms. The number of aryl methyl sites for hydroxylation is 1. The molecule has 1 aliphatic rings. The summed E-state index contributed by atoms with van der Waals surface area (Å²) < 4.78 is 14.0. The predicted molar refractivity (Wildman–Crippen MR) is 91.1 cm³/mol. The van der Waals surface area contributed by atoms with E-state index in [9.17, 15) is 14.4 Å². The fraction of sp³-hybridized carbons (Fsp3) is 0.250. The summed E-state index contributed by atoms with van der Waals surface area (Å²) in [4.78, 5) is 12.5. The van der Waals surface area contributed by atoms with E-state index in [1.54, 1.807) is 24.5 Å². The smallest absolute Gasteiger partial charge is 0.257 e. The first-order valence-corrected chi connectivity index (χ1v) is 7.97. The largest absolute Gasteiger partial charge is 0.289 e. The second-order valence-corrected chi connectivity index (χ2v) is 6.31. The summed E-state index contributed by atoms with van der Waals surface area (Å²) in [6.07, 6.45) is 3.06. The second kappa shape index (κ2) is 6.21. The third-order valence-electron chi connectivity index (χ3n) is 4.96. The van der Waals surface area contributed by atoms with Gasteiger partial charge >= 0.3 is 0 Å². The predicted octanol–water partition coefficient (Wildman–Crippen LogP) is 4.06. The molecule has 2 aromatic rings. The van der Waals surface area contributed by atoms with Crippen molar-refractivity contribution in [3.05, 3.63) is 76.6 Å². The van der Waals surface area contributed by atoms with Gasteiger partial charge < -0.3 is 0 Å². The van der Waals surface area contributed by atoms with Crippen LogP contribution < -0.4 is 5.48 Å². The van der Waals surface area contributed by atoms with E-state index in [0.29, 0.717) is 24.0 Å². The Bertz CT molecular complexity index is 828. The highest BCUT2D eigenvalue weighted by Gasteiger charge is 2.43. The minimum absolute atomic E-state index is 0.352. The van der Waals surface area contributed by atoms with Gasteiger partial charge in [-0.15, -0.1) is 0 Å². The maximum Gasteiger partial charge on any atom is 0.257 e. The van der Waals surface area contributed by atoms with Crippen LogP contribution in [-0.4, -0.2) is 11.1 Å². The van der Waals surface area contributed by atoms with Gasteiger partial charge in [-0.05, 0) is 60.6 Å². The summed E-state index contributed by atoms with van der Waals surface area (Å²) in [5, 5.41) is 9.27. The normalized spacial score (nSPS) is 19.9. The first-order chi connectivity index (χ1) is 11.5. The van der Waals surface area contributed by atoms with E-state index in [2.05, 4.69) is 0 Å². The van der Waals surface area contributed by atoms with Crippen molar-refractivity contribution in [2.24, 2.45) is 0 Å². The number of benzene rings is 2. The Hall–Kier alpha value is -2.46.